The third-order valence-corrected chi connectivity index (χ3v) is 6.43. The zero-order chi connectivity index (χ0) is 22.4. The fraction of sp³-hybridized carbons (Fsp3) is 0.130. The Morgan fingerprint density at radius 1 is 0.871 bits per heavy atom. The molecule has 0 spiro atoms. The zero-order valence-electron chi connectivity index (χ0n) is 17.0. The number of carbonyl (C=O) groups is 2. The molecule has 0 radical (unpaired) electrons. The van der Waals surface area contributed by atoms with Crippen LogP contribution in [-0.2, 0) is 26.1 Å². The summed E-state index contributed by atoms with van der Waals surface area (Å²) in [5.74, 6) is -1.29. The van der Waals surface area contributed by atoms with E-state index in [1.54, 1.807) is 66.7 Å². The Labute approximate surface area is 180 Å². The quantitative estimate of drug-likeness (QED) is 0.522. The van der Waals surface area contributed by atoms with Crippen LogP contribution in [0.2, 0.25) is 0 Å². The summed E-state index contributed by atoms with van der Waals surface area (Å²) in [6, 6.07) is 20.9. The van der Waals surface area contributed by atoms with E-state index in [0.717, 1.165) is 4.31 Å². The molecule has 0 saturated carbocycles. The molecule has 0 bridgehead atoms. The highest BCUT2D eigenvalue weighted by Crippen LogP contribution is 2.25. The van der Waals surface area contributed by atoms with Crippen molar-refractivity contribution in [3.63, 3.8) is 0 Å². The van der Waals surface area contributed by atoms with Crippen LogP contribution in [0.4, 0.5) is 5.69 Å². The van der Waals surface area contributed by atoms with Crippen molar-refractivity contribution in [2.45, 2.75) is 11.5 Å². The van der Waals surface area contributed by atoms with Gasteiger partial charge in [0.1, 0.15) is 11.5 Å². The van der Waals surface area contributed by atoms with Gasteiger partial charge in [-0.3, -0.25) is 4.31 Å². The third-order valence-electron chi connectivity index (χ3n) is 4.58. The minimum Gasteiger partial charge on any atom is -0.465 e. The first-order chi connectivity index (χ1) is 14.8. The molecule has 0 N–H and O–H groups in total. The standard InChI is InChI=1S/C23H21NO6S/c1-24(19-11-4-3-5-12-19)31(27,28)21-14-7-6-13-20(21)23(26)30-16-17-9-8-10-18(15-17)22(25)29-2/h3-15H,16H2,1-2H3. The van der Waals surface area contributed by atoms with E-state index in [1.165, 1.54) is 26.3 Å². The number of hydrogen-bond acceptors (Lipinski definition) is 6. The maximum absolute atomic E-state index is 13.2. The summed E-state index contributed by atoms with van der Waals surface area (Å²) >= 11 is 0. The van der Waals surface area contributed by atoms with Gasteiger partial charge in [0.15, 0.2) is 0 Å². The summed E-state index contributed by atoms with van der Waals surface area (Å²) in [7, 11) is -1.30. The zero-order valence-corrected chi connectivity index (χ0v) is 17.8. The Balaban J connectivity index is 1.83. The van der Waals surface area contributed by atoms with E-state index in [1.807, 2.05) is 0 Å². The highest BCUT2D eigenvalue weighted by atomic mass is 32.2. The van der Waals surface area contributed by atoms with Crippen LogP contribution in [0.5, 0.6) is 0 Å². The number of anilines is 1. The van der Waals surface area contributed by atoms with Gasteiger partial charge in [0.2, 0.25) is 0 Å². The largest absolute Gasteiger partial charge is 0.465 e. The van der Waals surface area contributed by atoms with Crippen molar-refractivity contribution in [1.29, 1.82) is 0 Å². The lowest BCUT2D eigenvalue weighted by Crippen LogP contribution is -2.28. The lowest BCUT2D eigenvalue weighted by Gasteiger charge is -2.20. The number of ether oxygens (including phenoxy) is 2. The molecule has 7 nitrogen and oxygen atoms in total. The van der Waals surface area contributed by atoms with Gasteiger partial charge in [-0.25, -0.2) is 18.0 Å². The number of para-hydroxylation sites is 1. The molecule has 0 aliphatic heterocycles. The van der Waals surface area contributed by atoms with Gasteiger partial charge in [-0.1, -0.05) is 42.5 Å². The molecule has 160 valence electrons. The van der Waals surface area contributed by atoms with Crippen molar-refractivity contribution in [2.75, 3.05) is 18.5 Å². The lowest BCUT2D eigenvalue weighted by molar-refractivity contribution is 0.0468. The Morgan fingerprint density at radius 3 is 2.26 bits per heavy atom. The van der Waals surface area contributed by atoms with Gasteiger partial charge in [0.25, 0.3) is 10.0 Å². The van der Waals surface area contributed by atoms with E-state index in [2.05, 4.69) is 4.74 Å². The number of rotatable bonds is 7. The summed E-state index contributed by atoms with van der Waals surface area (Å²) in [6.45, 7) is -0.132. The van der Waals surface area contributed by atoms with Crippen LogP contribution in [0.3, 0.4) is 0 Å². The van der Waals surface area contributed by atoms with Crippen molar-refractivity contribution in [1.82, 2.24) is 0 Å². The van der Waals surface area contributed by atoms with Crippen molar-refractivity contribution in [3.8, 4) is 0 Å². The highest BCUT2D eigenvalue weighted by Gasteiger charge is 2.27. The van der Waals surface area contributed by atoms with E-state index in [0.29, 0.717) is 16.8 Å². The normalized spacial score (nSPS) is 10.9. The maximum Gasteiger partial charge on any atom is 0.339 e. The average Bonchev–Trinajstić information content (AvgIpc) is 2.82. The molecule has 0 aliphatic carbocycles. The molecule has 0 unspecified atom stereocenters. The van der Waals surface area contributed by atoms with Crippen LogP contribution in [0, 0.1) is 0 Å². The molecule has 0 aromatic heterocycles. The summed E-state index contributed by atoms with van der Waals surface area (Å²) < 4.78 is 37.4. The molecule has 3 rings (SSSR count). The van der Waals surface area contributed by atoms with E-state index >= 15 is 0 Å². The molecule has 0 fully saturated rings. The van der Waals surface area contributed by atoms with Gasteiger partial charge in [-0.15, -0.1) is 0 Å². The molecule has 3 aromatic carbocycles. The van der Waals surface area contributed by atoms with E-state index in [9.17, 15) is 18.0 Å². The molecule has 8 heteroatoms. The molecule has 31 heavy (non-hydrogen) atoms. The number of benzene rings is 3. The maximum atomic E-state index is 13.2. The first-order valence-corrected chi connectivity index (χ1v) is 10.8. The summed E-state index contributed by atoms with van der Waals surface area (Å²) in [4.78, 5) is 24.2. The number of sulfonamides is 1. The van der Waals surface area contributed by atoms with Crippen LogP contribution in [-0.4, -0.2) is 34.5 Å². The molecule has 0 heterocycles. The predicted molar refractivity (Wildman–Crippen MR) is 115 cm³/mol. The molecular formula is C23H21NO6S. The summed E-state index contributed by atoms with van der Waals surface area (Å²) in [5.41, 5.74) is 1.28. The van der Waals surface area contributed by atoms with Crippen LogP contribution in [0.1, 0.15) is 26.3 Å². The van der Waals surface area contributed by atoms with Crippen molar-refractivity contribution >= 4 is 27.6 Å². The van der Waals surface area contributed by atoms with Gasteiger partial charge >= 0.3 is 11.9 Å². The first-order valence-electron chi connectivity index (χ1n) is 9.32. The first kappa shape index (κ1) is 22.0. The van der Waals surface area contributed by atoms with E-state index in [-0.39, 0.29) is 17.1 Å². The SMILES string of the molecule is COC(=O)c1cccc(COC(=O)c2ccccc2S(=O)(=O)N(C)c2ccccc2)c1. The van der Waals surface area contributed by atoms with Crippen LogP contribution in [0.15, 0.2) is 83.8 Å². The van der Waals surface area contributed by atoms with Gasteiger partial charge < -0.3 is 9.47 Å². The van der Waals surface area contributed by atoms with E-state index in [4.69, 9.17) is 4.74 Å². The fourth-order valence-corrected chi connectivity index (χ4v) is 4.29. The van der Waals surface area contributed by atoms with Crippen molar-refractivity contribution in [3.05, 3.63) is 95.6 Å². The third kappa shape index (κ3) is 4.92. The second-order valence-corrected chi connectivity index (χ2v) is 8.51. The molecule has 0 aliphatic rings. The summed E-state index contributed by atoms with van der Waals surface area (Å²) in [6.07, 6.45) is 0. The molecule has 0 amide bonds. The molecule has 3 aromatic rings. The predicted octanol–water partition coefficient (Wildman–Crippen LogP) is 3.66. The van der Waals surface area contributed by atoms with Gasteiger partial charge in [0, 0.05) is 7.05 Å². The topological polar surface area (TPSA) is 90.0 Å². The molecule has 0 atom stereocenters. The Hall–Kier alpha value is -3.65. The van der Waals surface area contributed by atoms with Gasteiger partial charge in [-0.05, 0) is 42.0 Å². The Kier molecular flexibility index (Phi) is 6.71. The number of esters is 2. The van der Waals surface area contributed by atoms with E-state index < -0.39 is 22.0 Å². The second-order valence-electron chi connectivity index (χ2n) is 6.57. The Morgan fingerprint density at radius 2 is 1.55 bits per heavy atom. The summed E-state index contributed by atoms with van der Waals surface area (Å²) in [5, 5.41) is 0. The van der Waals surface area contributed by atoms with Gasteiger partial charge in [-0.2, -0.15) is 0 Å². The number of carbonyl (C=O) groups excluding carboxylic acids is 2. The van der Waals surface area contributed by atoms with Gasteiger partial charge in [0.05, 0.1) is 23.9 Å². The number of methoxy groups -OCH3 is 1. The monoisotopic (exact) mass is 439 g/mol. The van der Waals surface area contributed by atoms with Crippen LogP contribution < -0.4 is 4.31 Å². The molecular weight excluding hydrogens is 418 g/mol. The minimum atomic E-state index is -4.00. The average molecular weight is 439 g/mol. The smallest absolute Gasteiger partial charge is 0.339 e. The second kappa shape index (κ2) is 9.44. The fourth-order valence-electron chi connectivity index (χ4n) is 2.92. The van der Waals surface area contributed by atoms with Crippen molar-refractivity contribution in [2.24, 2.45) is 0 Å². The minimum absolute atomic E-state index is 0.0746. The van der Waals surface area contributed by atoms with Crippen LogP contribution >= 0.6 is 0 Å². The lowest BCUT2D eigenvalue weighted by atomic mass is 10.1. The Bertz CT molecular complexity index is 1190. The number of hydrogen-bond donors (Lipinski definition) is 0. The number of nitrogens with zero attached hydrogens (tertiary/aromatic N) is 1. The molecule has 0 saturated heterocycles. The van der Waals surface area contributed by atoms with Crippen LogP contribution in [0.25, 0.3) is 0 Å². The van der Waals surface area contributed by atoms with Crippen molar-refractivity contribution < 1.29 is 27.5 Å². The highest BCUT2D eigenvalue weighted by molar-refractivity contribution is 7.92.